The van der Waals surface area contributed by atoms with Crippen LogP contribution in [0.15, 0.2) is 48.6 Å². The Kier molecular flexibility index (Phi) is 26.8. The van der Waals surface area contributed by atoms with Crippen LogP contribution in [0.3, 0.4) is 0 Å². The van der Waals surface area contributed by atoms with Gasteiger partial charge in [-0.3, -0.25) is 13.8 Å². The van der Waals surface area contributed by atoms with Gasteiger partial charge in [-0.2, -0.15) is 0 Å². The topological polar surface area (TPSA) is 105 Å². The molecule has 44 heavy (non-hydrogen) atoms. The summed E-state index contributed by atoms with van der Waals surface area (Å²) >= 11 is 0. The van der Waals surface area contributed by atoms with Crippen LogP contribution in [0.5, 0.6) is 0 Å². The van der Waals surface area contributed by atoms with E-state index in [0.29, 0.717) is 17.4 Å². The minimum atomic E-state index is -4.34. The molecule has 0 aliphatic carbocycles. The molecule has 0 heterocycles. The Hall–Kier alpha value is -1.54. The molecule has 3 N–H and O–H groups in total. The number of hydrogen-bond donors (Lipinski definition) is 3. The largest absolute Gasteiger partial charge is 0.472 e. The Bertz CT molecular complexity index is 866. The average molecular weight is 642 g/mol. The molecule has 0 aromatic carbocycles. The number of carbonyl (C=O) groups is 1. The third-order valence-corrected chi connectivity index (χ3v) is 7.99. The summed E-state index contributed by atoms with van der Waals surface area (Å²) in [5.41, 5.74) is 0. The number of nitrogens with one attached hydrogen (secondary N) is 1. The van der Waals surface area contributed by atoms with Crippen LogP contribution >= 0.6 is 7.82 Å². The van der Waals surface area contributed by atoms with E-state index in [-0.39, 0.29) is 19.1 Å². The van der Waals surface area contributed by atoms with E-state index in [1.54, 1.807) is 6.08 Å². The second-order valence-electron chi connectivity index (χ2n) is 12.5. The minimum Gasteiger partial charge on any atom is -0.387 e. The summed E-state index contributed by atoms with van der Waals surface area (Å²) in [6.07, 6.45) is 31.9. The molecule has 0 radical (unpaired) electrons. The smallest absolute Gasteiger partial charge is 0.387 e. The number of hydrogen-bond acceptors (Lipinski definition) is 5. The van der Waals surface area contributed by atoms with Gasteiger partial charge in [0.05, 0.1) is 39.9 Å². The quantitative estimate of drug-likeness (QED) is 0.0329. The van der Waals surface area contributed by atoms with Crippen molar-refractivity contribution in [2.45, 2.75) is 129 Å². The second-order valence-corrected chi connectivity index (χ2v) is 13.9. The highest BCUT2D eigenvalue weighted by Gasteiger charge is 2.27. The number of phosphoric ester groups is 1. The third-order valence-electron chi connectivity index (χ3n) is 7.01. The molecular weight excluding hydrogens is 575 g/mol. The Morgan fingerprint density at radius 3 is 1.93 bits per heavy atom. The van der Waals surface area contributed by atoms with Crippen molar-refractivity contribution in [3.05, 3.63) is 48.6 Å². The molecule has 0 spiro atoms. The summed E-state index contributed by atoms with van der Waals surface area (Å²) in [7, 11) is 1.53. The van der Waals surface area contributed by atoms with Crippen molar-refractivity contribution in [1.29, 1.82) is 0 Å². The Morgan fingerprint density at radius 2 is 1.32 bits per heavy atom. The fourth-order valence-electron chi connectivity index (χ4n) is 4.25. The van der Waals surface area contributed by atoms with Crippen LogP contribution in [0, 0.1) is 0 Å². The maximum Gasteiger partial charge on any atom is 0.472 e. The van der Waals surface area contributed by atoms with E-state index < -0.39 is 20.0 Å². The van der Waals surface area contributed by atoms with Crippen molar-refractivity contribution in [2.24, 2.45) is 0 Å². The molecule has 0 fully saturated rings. The number of quaternary nitrogens is 1. The molecular formula is C35H66N2O6P+. The minimum absolute atomic E-state index is 0.0500. The summed E-state index contributed by atoms with van der Waals surface area (Å²) < 4.78 is 23.3. The van der Waals surface area contributed by atoms with Gasteiger partial charge in [0.25, 0.3) is 0 Å². The van der Waals surface area contributed by atoms with E-state index >= 15 is 0 Å². The molecule has 0 rings (SSSR count). The van der Waals surface area contributed by atoms with Crippen LogP contribution < -0.4 is 5.32 Å². The average Bonchev–Trinajstić information content (AvgIpc) is 2.95. The van der Waals surface area contributed by atoms with Gasteiger partial charge in [-0.25, -0.2) is 4.57 Å². The summed E-state index contributed by atoms with van der Waals surface area (Å²) in [6.45, 7) is 4.58. The van der Waals surface area contributed by atoms with Crippen molar-refractivity contribution in [3.8, 4) is 0 Å². The third kappa shape index (κ3) is 29.2. The number of amides is 1. The number of aliphatic hydroxyl groups is 1. The summed E-state index contributed by atoms with van der Waals surface area (Å²) in [5, 5.41) is 13.6. The molecule has 0 saturated carbocycles. The molecule has 0 aromatic heterocycles. The Labute approximate surface area is 269 Å². The van der Waals surface area contributed by atoms with Crippen LogP contribution in [-0.4, -0.2) is 73.4 Å². The lowest BCUT2D eigenvalue weighted by molar-refractivity contribution is -0.870. The first-order chi connectivity index (χ1) is 21.0. The summed E-state index contributed by atoms with van der Waals surface area (Å²) in [5.74, 6) is -0.208. The Balaban J connectivity index is 4.69. The lowest BCUT2D eigenvalue weighted by Crippen LogP contribution is -2.45. The van der Waals surface area contributed by atoms with Crippen LogP contribution in [0.25, 0.3) is 0 Å². The van der Waals surface area contributed by atoms with Gasteiger partial charge in [0.15, 0.2) is 0 Å². The molecule has 9 heteroatoms. The number of rotatable bonds is 29. The first kappa shape index (κ1) is 42.5. The van der Waals surface area contributed by atoms with Crippen LogP contribution in [0.1, 0.15) is 117 Å². The number of likely N-dealkylation sites (N-methyl/N-ethyl adjacent to an activating group) is 1. The molecule has 0 aliphatic heterocycles. The van der Waals surface area contributed by atoms with Gasteiger partial charge in [0.2, 0.25) is 5.91 Å². The van der Waals surface area contributed by atoms with E-state index in [0.717, 1.165) is 64.2 Å². The van der Waals surface area contributed by atoms with Crippen molar-refractivity contribution < 1.29 is 32.9 Å². The van der Waals surface area contributed by atoms with Crippen LogP contribution in [0.4, 0.5) is 0 Å². The van der Waals surface area contributed by atoms with Crippen LogP contribution in [0.2, 0.25) is 0 Å². The second kappa shape index (κ2) is 27.7. The molecule has 1 amide bonds. The van der Waals surface area contributed by atoms with Gasteiger partial charge >= 0.3 is 7.82 Å². The highest BCUT2D eigenvalue weighted by Crippen LogP contribution is 2.43. The SMILES string of the molecule is CC/C=C/CC/C=C/CC/C=C/C(O)C(COP(=O)(O)OCC[N+](C)(C)C)NC(=O)CCCCCCC/C=C\CCCCC. The van der Waals surface area contributed by atoms with Gasteiger partial charge in [-0.15, -0.1) is 0 Å². The maximum absolute atomic E-state index is 12.7. The fraction of sp³-hybridized carbons (Fsp3) is 0.743. The van der Waals surface area contributed by atoms with Gasteiger partial charge in [-0.05, 0) is 64.2 Å². The summed E-state index contributed by atoms with van der Waals surface area (Å²) in [6, 6.07) is -0.869. The predicted octanol–water partition coefficient (Wildman–Crippen LogP) is 8.18. The monoisotopic (exact) mass is 641 g/mol. The molecule has 0 aliphatic rings. The first-order valence-electron chi connectivity index (χ1n) is 17.0. The molecule has 3 atom stereocenters. The maximum atomic E-state index is 12.7. The molecule has 8 nitrogen and oxygen atoms in total. The highest BCUT2D eigenvalue weighted by atomic mass is 31.2. The molecule has 0 bridgehead atoms. The van der Waals surface area contributed by atoms with Crippen molar-refractivity contribution >= 4 is 13.7 Å². The standard InChI is InChI=1S/C35H65N2O6P/c1-6-8-10-12-14-16-18-19-21-23-25-27-29-35(39)36-33(32-43-44(40,41)42-31-30-37(3,4)5)34(38)28-26-24-22-20-17-15-13-11-9-7-2/h9,11,14,16-17,20,26,28,33-34,38H,6-8,10,12-13,15,18-19,21-25,27,29-32H2,1-5H3,(H-,36,39,40,41)/p+1/b11-9+,16-14-,20-17+,28-26+. The van der Waals surface area contributed by atoms with Crippen molar-refractivity contribution in [1.82, 2.24) is 5.32 Å². The van der Waals surface area contributed by atoms with Gasteiger partial charge in [-0.1, -0.05) is 94.6 Å². The zero-order chi connectivity index (χ0) is 32.9. The number of unbranched alkanes of at least 4 members (excludes halogenated alkanes) is 10. The zero-order valence-corrected chi connectivity index (χ0v) is 29.5. The van der Waals surface area contributed by atoms with E-state index in [9.17, 15) is 19.4 Å². The summed E-state index contributed by atoms with van der Waals surface area (Å²) in [4.78, 5) is 22.8. The number of carbonyl (C=O) groups excluding carboxylic acids is 1. The highest BCUT2D eigenvalue weighted by molar-refractivity contribution is 7.47. The van der Waals surface area contributed by atoms with Crippen LogP contribution in [-0.2, 0) is 18.4 Å². The van der Waals surface area contributed by atoms with E-state index in [1.807, 2.05) is 27.2 Å². The lowest BCUT2D eigenvalue weighted by atomic mass is 10.1. The predicted molar refractivity (Wildman–Crippen MR) is 184 cm³/mol. The molecule has 0 saturated heterocycles. The molecule has 3 unspecified atom stereocenters. The lowest BCUT2D eigenvalue weighted by Gasteiger charge is -2.25. The van der Waals surface area contributed by atoms with Crippen molar-refractivity contribution in [2.75, 3.05) is 40.9 Å². The fourth-order valence-corrected chi connectivity index (χ4v) is 4.98. The molecule has 0 aromatic rings. The number of nitrogens with zero attached hydrogens (tertiary/aromatic N) is 1. The normalized spacial score (nSPS) is 15.5. The van der Waals surface area contributed by atoms with Gasteiger partial charge in [0.1, 0.15) is 13.2 Å². The number of allylic oxidation sites excluding steroid dienone is 7. The zero-order valence-electron chi connectivity index (χ0n) is 28.6. The van der Waals surface area contributed by atoms with Gasteiger partial charge in [0, 0.05) is 6.42 Å². The first-order valence-corrected chi connectivity index (χ1v) is 18.5. The van der Waals surface area contributed by atoms with E-state index in [2.05, 4.69) is 55.6 Å². The Morgan fingerprint density at radius 1 is 0.773 bits per heavy atom. The number of aliphatic hydroxyl groups excluding tert-OH is 1. The van der Waals surface area contributed by atoms with Crippen molar-refractivity contribution in [3.63, 3.8) is 0 Å². The van der Waals surface area contributed by atoms with E-state index in [1.165, 1.54) is 32.1 Å². The number of phosphoric acid groups is 1. The molecule has 256 valence electrons. The van der Waals surface area contributed by atoms with Gasteiger partial charge < -0.3 is 19.8 Å². The van der Waals surface area contributed by atoms with E-state index in [4.69, 9.17) is 9.05 Å².